The van der Waals surface area contributed by atoms with E-state index < -0.39 is 6.09 Å². The van der Waals surface area contributed by atoms with Crippen molar-refractivity contribution in [1.29, 1.82) is 0 Å². The summed E-state index contributed by atoms with van der Waals surface area (Å²) in [7, 11) is 1.94. The van der Waals surface area contributed by atoms with E-state index in [4.69, 9.17) is 5.11 Å². The first-order valence-corrected chi connectivity index (χ1v) is 9.82. The predicted molar refractivity (Wildman–Crippen MR) is 110 cm³/mol. The van der Waals surface area contributed by atoms with E-state index in [1.54, 1.807) is 12.4 Å². The highest BCUT2D eigenvalue weighted by Gasteiger charge is 2.26. The lowest BCUT2D eigenvalue weighted by molar-refractivity contribution is 0.190. The van der Waals surface area contributed by atoms with Crippen LogP contribution in [0.2, 0.25) is 0 Å². The number of hydrogen-bond acceptors (Lipinski definition) is 6. The molecule has 0 aliphatic heterocycles. The summed E-state index contributed by atoms with van der Waals surface area (Å²) in [6, 6.07) is 4.07. The molecule has 1 saturated carbocycles. The number of rotatable bonds is 5. The Labute approximate surface area is 168 Å². The summed E-state index contributed by atoms with van der Waals surface area (Å²) < 4.78 is 1.89. The Bertz CT molecular complexity index is 1050. The minimum Gasteiger partial charge on any atom is -0.465 e. The monoisotopic (exact) mass is 395 g/mol. The van der Waals surface area contributed by atoms with E-state index in [1.165, 1.54) is 0 Å². The fraction of sp³-hybridized carbons (Fsp3) is 0.450. The number of aromatic nitrogens is 5. The largest absolute Gasteiger partial charge is 0.465 e. The molecule has 3 N–H and O–H groups in total. The normalized spacial score (nSPS) is 19.0. The Kier molecular flexibility index (Phi) is 5.04. The molecule has 1 amide bonds. The summed E-state index contributed by atoms with van der Waals surface area (Å²) in [4.78, 5) is 24.3. The van der Waals surface area contributed by atoms with Crippen LogP contribution in [0.3, 0.4) is 0 Å². The summed E-state index contributed by atoms with van der Waals surface area (Å²) in [5, 5.41) is 20.3. The third kappa shape index (κ3) is 3.98. The fourth-order valence-electron chi connectivity index (χ4n) is 4.11. The van der Waals surface area contributed by atoms with Crippen molar-refractivity contribution >= 4 is 23.1 Å². The number of nitrogens with zero attached hydrogens (tertiary/aromatic N) is 5. The van der Waals surface area contributed by atoms with Gasteiger partial charge in [-0.1, -0.05) is 13.8 Å². The van der Waals surface area contributed by atoms with Gasteiger partial charge < -0.3 is 15.7 Å². The van der Waals surface area contributed by atoms with Gasteiger partial charge in [0.25, 0.3) is 0 Å². The lowest BCUT2D eigenvalue weighted by atomic mass is 10.1. The van der Waals surface area contributed by atoms with E-state index in [1.807, 2.05) is 17.8 Å². The smallest absolute Gasteiger partial charge is 0.404 e. The van der Waals surface area contributed by atoms with Crippen LogP contribution < -0.4 is 10.6 Å². The molecule has 2 atom stereocenters. The number of pyridine rings is 1. The highest BCUT2D eigenvalue weighted by Crippen LogP contribution is 2.28. The highest BCUT2D eigenvalue weighted by atomic mass is 16.4. The molecule has 3 aromatic rings. The molecule has 3 heterocycles. The molecule has 0 radical (unpaired) electrons. The van der Waals surface area contributed by atoms with Gasteiger partial charge in [-0.3, -0.25) is 4.68 Å². The Hall–Kier alpha value is -3.23. The van der Waals surface area contributed by atoms with E-state index in [9.17, 15) is 4.79 Å². The minimum atomic E-state index is -0.979. The topological polar surface area (TPSA) is 118 Å². The van der Waals surface area contributed by atoms with Crippen LogP contribution in [0.1, 0.15) is 44.7 Å². The lowest BCUT2D eigenvalue weighted by Crippen LogP contribution is -2.32. The molecule has 0 spiro atoms. The second-order valence-electron chi connectivity index (χ2n) is 7.82. The van der Waals surface area contributed by atoms with Gasteiger partial charge in [-0.15, -0.1) is 0 Å². The third-order valence-corrected chi connectivity index (χ3v) is 5.33. The number of carboxylic acid groups (broad SMARTS) is 1. The van der Waals surface area contributed by atoms with Crippen molar-refractivity contribution in [2.45, 2.75) is 51.1 Å². The van der Waals surface area contributed by atoms with Gasteiger partial charge in [0.2, 0.25) is 5.95 Å². The molecule has 152 valence electrons. The molecule has 1 aliphatic rings. The minimum absolute atomic E-state index is 0.0279. The lowest BCUT2D eigenvalue weighted by Gasteiger charge is -2.14. The zero-order valence-corrected chi connectivity index (χ0v) is 16.8. The zero-order chi connectivity index (χ0) is 20.5. The van der Waals surface area contributed by atoms with E-state index in [2.05, 4.69) is 50.6 Å². The second kappa shape index (κ2) is 7.65. The van der Waals surface area contributed by atoms with E-state index in [0.29, 0.717) is 11.9 Å². The molecule has 0 unspecified atom stereocenters. The van der Waals surface area contributed by atoms with Crippen LogP contribution in [0.4, 0.5) is 10.7 Å². The van der Waals surface area contributed by atoms with E-state index in [0.717, 1.165) is 47.2 Å². The van der Waals surface area contributed by atoms with Crippen molar-refractivity contribution in [3.8, 4) is 11.3 Å². The van der Waals surface area contributed by atoms with Gasteiger partial charge in [-0.25, -0.2) is 19.7 Å². The van der Waals surface area contributed by atoms with Crippen LogP contribution in [-0.4, -0.2) is 48.0 Å². The number of nitrogens with one attached hydrogen (secondary N) is 2. The molecular formula is C20H25N7O2. The van der Waals surface area contributed by atoms with Crippen molar-refractivity contribution in [2.24, 2.45) is 7.05 Å². The van der Waals surface area contributed by atoms with Gasteiger partial charge in [0.15, 0.2) is 5.65 Å². The maximum absolute atomic E-state index is 10.8. The first kappa shape index (κ1) is 19.1. The molecule has 0 aromatic carbocycles. The Morgan fingerprint density at radius 2 is 2.07 bits per heavy atom. The summed E-state index contributed by atoms with van der Waals surface area (Å²) in [5.41, 5.74) is 3.57. The maximum Gasteiger partial charge on any atom is 0.404 e. The Balaban J connectivity index is 1.56. The summed E-state index contributed by atoms with van der Waals surface area (Å²) in [6.45, 7) is 4.29. The molecule has 9 heteroatoms. The van der Waals surface area contributed by atoms with E-state index >= 15 is 0 Å². The average Bonchev–Trinajstić information content (AvgIpc) is 3.23. The SMILES string of the molecule is CC(C)c1c2cc(-c3ccnc(N[C@H]4CC[C@H](NC(=O)O)C4)n3)cnc2nn1C. The van der Waals surface area contributed by atoms with Gasteiger partial charge in [-0.05, 0) is 37.3 Å². The molecule has 9 nitrogen and oxygen atoms in total. The molecule has 3 aromatic heterocycles. The first-order valence-electron chi connectivity index (χ1n) is 9.82. The van der Waals surface area contributed by atoms with Crippen molar-refractivity contribution in [3.05, 3.63) is 30.2 Å². The van der Waals surface area contributed by atoms with Crippen LogP contribution in [0, 0.1) is 0 Å². The number of fused-ring (bicyclic) bond motifs is 1. The number of amides is 1. The highest BCUT2D eigenvalue weighted by molar-refractivity contribution is 5.83. The van der Waals surface area contributed by atoms with Crippen LogP contribution in [0.25, 0.3) is 22.3 Å². The van der Waals surface area contributed by atoms with Crippen LogP contribution in [0.5, 0.6) is 0 Å². The molecule has 0 bridgehead atoms. The molecule has 1 aliphatic carbocycles. The van der Waals surface area contributed by atoms with Crippen LogP contribution in [-0.2, 0) is 7.05 Å². The van der Waals surface area contributed by atoms with Crippen LogP contribution >= 0.6 is 0 Å². The van der Waals surface area contributed by atoms with Crippen molar-refractivity contribution < 1.29 is 9.90 Å². The van der Waals surface area contributed by atoms with Gasteiger partial charge in [0, 0.05) is 42.5 Å². The quantitative estimate of drug-likeness (QED) is 0.607. The average molecular weight is 395 g/mol. The standard InChI is InChI=1S/C20H25N7O2/c1-11(2)17-15-8-12(10-22-18(15)26-27(17)3)16-6-7-21-19(25-16)23-13-4-5-14(9-13)24-20(28)29/h6-8,10-11,13-14,24H,4-5,9H2,1-3H3,(H,28,29)(H,21,23,25)/t13-,14-/m0/s1. The Morgan fingerprint density at radius 3 is 2.83 bits per heavy atom. The third-order valence-electron chi connectivity index (χ3n) is 5.33. The summed E-state index contributed by atoms with van der Waals surface area (Å²) in [6.07, 6.45) is 4.94. The molecular weight excluding hydrogens is 370 g/mol. The number of anilines is 1. The van der Waals surface area contributed by atoms with Crippen LogP contribution in [0.15, 0.2) is 24.5 Å². The van der Waals surface area contributed by atoms with Gasteiger partial charge >= 0.3 is 6.09 Å². The predicted octanol–water partition coefficient (Wildman–Crippen LogP) is 3.15. The number of carbonyl (C=O) groups is 1. The summed E-state index contributed by atoms with van der Waals surface area (Å²) in [5.74, 6) is 0.873. The Morgan fingerprint density at radius 1 is 1.28 bits per heavy atom. The molecule has 4 rings (SSSR count). The zero-order valence-electron chi connectivity index (χ0n) is 16.8. The van der Waals surface area contributed by atoms with Gasteiger partial charge in [-0.2, -0.15) is 5.10 Å². The van der Waals surface area contributed by atoms with E-state index in [-0.39, 0.29) is 12.1 Å². The van der Waals surface area contributed by atoms with Crippen molar-refractivity contribution in [3.63, 3.8) is 0 Å². The van der Waals surface area contributed by atoms with Gasteiger partial charge in [0.1, 0.15) is 0 Å². The molecule has 1 fully saturated rings. The second-order valence-corrected chi connectivity index (χ2v) is 7.82. The number of hydrogen-bond donors (Lipinski definition) is 3. The van der Waals surface area contributed by atoms with Crippen molar-refractivity contribution in [1.82, 2.24) is 30.0 Å². The van der Waals surface area contributed by atoms with Gasteiger partial charge in [0.05, 0.1) is 11.4 Å². The maximum atomic E-state index is 10.8. The first-order chi connectivity index (χ1) is 13.9. The summed E-state index contributed by atoms with van der Waals surface area (Å²) >= 11 is 0. The number of aryl methyl sites for hydroxylation is 1. The van der Waals surface area contributed by atoms with Crippen molar-refractivity contribution in [2.75, 3.05) is 5.32 Å². The fourth-order valence-corrected chi connectivity index (χ4v) is 4.11. The molecule has 29 heavy (non-hydrogen) atoms. The molecule has 0 saturated heterocycles.